The SMILES string of the molecule is Bc1cccc(S(=O)(=O)N2CCN(C)CC2)c1. The molecule has 0 bridgehead atoms. The summed E-state index contributed by atoms with van der Waals surface area (Å²) in [5, 5.41) is 0. The molecule has 92 valence electrons. The van der Waals surface area contributed by atoms with Crippen LogP contribution in [0.5, 0.6) is 0 Å². The zero-order chi connectivity index (χ0) is 12.5. The van der Waals surface area contributed by atoms with E-state index in [4.69, 9.17) is 0 Å². The van der Waals surface area contributed by atoms with Gasteiger partial charge in [0.05, 0.1) is 4.90 Å². The first kappa shape index (κ1) is 12.6. The molecule has 17 heavy (non-hydrogen) atoms. The Bertz CT molecular complexity index is 496. The van der Waals surface area contributed by atoms with Gasteiger partial charge in [0.1, 0.15) is 7.85 Å². The lowest BCUT2D eigenvalue weighted by Crippen LogP contribution is -2.47. The standard InChI is InChI=1S/C11H17BN2O2S/c1-13-5-7-14(8-6-13)17(15,16)11-4-2-3-10(12)9-11/h2-4,9H,5-8,12H2,1H3. The van der Waals surface area contributed by atoms with Crippen LogP contribution in [0.25, 0.3) is 0 Å². The van der Waals surface area contributed by atoms with E-state index >= 15 is 0 Å². The highest BCUT2D eigenvalue weighted by Gasteiger charge is 2.27. The topological polar surface area (TPSA) is 40.6 Å². The molecule has 1 aliphatic rings. The highest BCUT2D eigenvalue weighted by atomic mass is 32.2. The van der Waals surface area contributed by atoms with Gasteiger partial charge in [-0.25, -0.2) is 8.42 Å². The molecule has 0 saturated carbocycles. The van der Waals surface area contributed by atoms with E-state index in [2.05, 4.69) is 4.90 Å². The molecular weight excluding hydrogens is 235 g/mol. The third kappa shape index (κ3) is 2.70. The third-order valence-electron chi connectivity index (χ3n) is 3.09. The smallest absolute Gasteiger partial charge is 0.243 e. The van der Waals surface area contributed by atoms with Crippen LogP contribution in [0.15, 0.2) is 29.2 Å². The molecule has 1 aromatic rings. The molecule has 0 unspecified atom stereocenters. The molecule has 0 amide bonds. The van der Waals surface area contributed by atoms with E-state index in [0.29, 0.717) is 18.0 Å². The highest BCUT2D eigenvalue weighted by molar-refractivity contribution is 7.89. The van der Waals surface area contributed by atoms with Crippen LogP contribution in [0.3, 0.4) is 0 Å². The lowest BCUT2D eigenvalue weighted by molar-refractivity contribution is 0.222. The van der Waals surface area contributed by atoms with E-state index in [-0.39, 0.29) is 0 Å². The van der Waals surface area contributed by atoms with Crippen molar-refractivity contribution in [1.29, 1.82) is 0 Å². The van der Waals surface area contributed by atoms with Crippen LogP contribution in [-0.2, 0) is 10.0 Å². The van der Waals surface area contributed by atoms with Crippen molar-refractivity contribution < 1.29 is 8.42 Å². The molecule has 0 radical (unpaired) electrons. The van der Waals surface area contributed by atoms with Crippen molar-refractivity contribution in [1.82, 2.24) is 9.21 Å². The van der Waals surface area contributed by atoms with Crippen molar-refractivity contribution in [2.45, 2.75) is 4.90 Å². The lowest BCUT2D eigenvalue weighted by atomic mass is 9.97. The van der Waals surface area contributed by atoms with Gasteiger partial charge in [0, 0.05) is 26.2 Å². The predicted octanol–water partition coefficient (Wildman–Crippen LogP) is -1.12. The number of piperazine rings is 1. The molecule has 0 atom stereocenters. The lowest BCUT2D eigenvalue weighted by Gasteiger charge is -2.31. The summed E-state index contributed by atoms with van der Waals surface area (Å²) in [6, 6.07) is 7.09. The van der Waals surface area contributed by atoms with Crippen LogP contribution in [0.4, 0.5) is 0 Å². The third-order valence-corrected chi connectivity index (χ3v) is 4.98. The zero-order valence-electron chi connectivity index (χ0n) is 10.3. The van der Waals surface area contributed by atoms with Gasteiger partial charge in [0.2, 0.25) is 10.0 Å². The van der Waals surface area contributed by atoms with Crippen molar-refractivity contribution in [2.75, 3.05) is 33.2 Å². The summed E-state index contributed by atoms with van der Waals surface area (Å²) in [7, 11) is 0.615. The molecular formula is C11H17BN2O2S. The van der Waals surface area contributed by atoms with Crippen LogP contribution < -0.4 is 5.46 Å². The van der Waals surface area contributed by atoms with Crippen LogP contribution in [0, 0.1) is 0 Å². The van der Waals surface area contributed by atoms with Gasteiger partial charge in [-0.15, -0.1) is 0 Å². The average molecular weight is 252 g/mol. The number of hydrogen-bond donors (Lipinski definition) is 0. The Morgan fingerprint density at radius 2 is 1.82 bits per heavy atom. The minimum absolute atomic E-state index is 0.405. The second-order valence-corrected chi connectivity index (χ2v) is 6.46. The summed E-state index contributed by atoms with van der Waals surface area (Å²) in [6.07, 6.45) is 0. The fraction of sp³-hybridized carbons (Fsp3) is 0.455. The molecule has 1 aliphatic heterocycles. The number of hydrogen-bond acceptors (Lipinski definition) is 3. The largest absolute Gasteiger partial charge is 0.304 e. The molecule has 1 fully saturated rings. The molecule has 0 N–H and O–H groups in total. The maximum atomic E-state index is 12.4. The molecule has 0 aromatic heterocycles. The number of rotatable bonds is 2. The van der Waals surface area contributed by atoms with Gasteiger partial charge < -0.3 is 4.90 Å². The van der Waals surface area contributed by atoms with E-state index in [1.54, 1.807) is 22.5 Å². The summed E-state index contributed by atoms with van der Waals surface area (Å²) >= 11 is 0. The first-order valence-electron chi connectivity index (χ1n) is 5.75. The van der Waals surface area contributed by atoms with Crippen LogP contribution in [0.1, 0.15) is 0 Å². The zero-order valence-corrected chi connectivity index (χ0v) is 11.1. The van der Waals surface area contributed by atoms with E-state index in [1.807, 2.05) is 21.0 Å². The molecule has 1 aromatic carbocycles. The number of nitrogens with zero attached hydrogens (tertiary/aromatic N) is 2. The summed E-state index contributed by atoms with van der Waals surface area (Å²) < 4.78 is 26.3. The van der Waals surface area contributed by atoms with Gasteiger partial charge in [-0.3, -0.25) is 0 Å². The van der Waals surface area contributed by atoms with Gasteiger partial charge >= 0.3 is 0 Å². The maximum Gasteiger partial charge on any atom is 0.243 e. The van der Waals surface area contributed by atoms with Crippen molar-refractivity contribution in [3.05, 3.63) is 24.3 Å². The van der Waals surface area contributed by atoms with Crippen molar-refractivity contribution >= 4 is 23.3 Å². The minimum atomic E-state index is -3.30. The van der Waals surface area contributed by atoms with Crippen LogP contribution in [-0.4, -0.2) is 58.7 Å². The fourth-order valence-electron chi connectivity index (χ4n) is 1.95. The Morgan fingerprint density at radius 3 is 2.41 bits per heavy atom. The van der Waals surface area contributed by atoms with Gasteiger partial charge in [0.15, 0.2) is 0 Å². The van der Waals surface area contributed by atoms with Crippen LogP contribution >= 0.6 is 0 Å². The van der Waals surface area contributed by atoms with Gasteiger partial charge in [-0.2, -0.15) is 4.31 Å². The number of benzene rings is 1. The molecule has 4 nitrogen and oxygen atoms in total. The molecule has 2 rings (SSSR count). The van der Waals surface area contributed by atoms with Gasteiger partial charge in [-0.1, -0.05) is 17.6 Å². The highest BCUT2D eigenvalue weighted by Crippen LogP contribution is 2.15. The van der Waals surface area contributed by atoms with Crippen molar-refractivity contribution in [3.8, 4) is 0 Å². The Morgan fingerprint density at radius 1 is 1.18 bits per heavy atom. The summed E-state index contributed by atoms with van der Waals surface area (Å²) in [6.45, 7) is 2.75. The first-order valence-corrected chi connectivity index (χ1v) is 7.19. The van der Waals surface area contributed by atoms with Crippen LogP contribution in [0.2, 0.25) is 0 Å². The Hall–Kier alpha value is -0.845. The average Bonchev–Trinajstić information content (AvgIpc) is 2.29. The number of likely N-dealkylation sites (N-methyl/N-ethyl adjacent to an activating group) is 1. The molecule has 6 heteroatoms. The predicted molar refractivity (Wildman–Crippen MR) is 70.9 cm³/mol. The van der Waals surface area contributed by atoms with E-state index in [9.17, 15) is 8.42 Å². The molecule has 1 heterocycles. The summed E-state index contributed by atoms with van der Waals surface area (Å²) in [4.78, 5) is 2.55. The second-order valence-electron chi connectivity index (χ2n) is 4.52. The van der Waals surface area contributed by atoms with E-state index < -0.39 is 10.0 Å². The van der Waals surface area contributed by atoms with Gasteiger partial charge in [-0.05, 0) is 19.2 Å². The monoisotopic (exact) mass is 252 g/mol. The first-order chi connectivity index (χ1) is 8.00. The quantitative estimate of drug-likeness (QED) is 0.626. The minimum Gasteiger partial charge on any atom is -0.304 e. The molecule has 0 aliphatic carbocycles. The normalized spacial score (nSPS) is 19.4. The summed E-state index contributed by atoms with van der Waals surface area (Å²) in [5.41, 5.74) is 0.972. The molecule has 0 spiro atoms. The van der Waals surface area contributed by atoms with E-state index in [0.717, 1.165) is 18.6 Å². The van der Waals surface area contributed by atoms with Crippen molar-refractivity contribution in [3.63, 3.8) is 0 Å². The Kier molecular flexibility index (Phi) is 3.56. The van der Waals surface area contributed by atoms with E-state index in [1.165, 1.54) is 0 Å². The Balaban J connectivity index is 2.25. The molecule has 1 saturated heterocycles. The summed E-state index contributed by atoms with van der Waals surface area (Å²) in [5.74, 6) is 0. The maximum absolute atomic E-state index is 12.4. The van der Waals surface area contributed by atoms with Crippen molar-refractivity contribution in [2.24, 2.45) is 0 Å². The fourth-order valence-corrected chi connectivity index (χ4v) is 3.48. The number of sulfonamides is 1. The van der Waals surface area contributed by atoms with Gasteiger partial charge in [0.25, 0.3) is 0 Å². The second kappa shape index (κ2) is 4.80. The Labute approximate surface area is 104 Å².